The maximum Gasteiger partial charge on any atom is 0.209 e. The van der Waals surface area contributed by atoms with Crippen molar-refractivity contribution in [1.82, 2.24) is 9.55 Å². The highest BCUT2D eigenvalue weighted by Crippen LogP contribution is 2.37. The van der Waals surface area contributed by atoms with E-state index in [1.54, 1.807) is 12.1 Å². The highest BCUT2D eigenvalue weighted by molar-refractivity contribution is 6.30. The summed E-state index contributed by atoms with van der Waals surface area (Å²) in [7, 11) is 0. The second-order valence-corrected chi connectivity index (χ2v) is 6.94. The third kappa shape index (κ3) is 2.78. The summed E-state index contributed by atoms with van der Waals surface area (Å²) in [5.74, 6) is 0.509. The van der Waals surface area contributed by atoms with E-state index in [1.807, 2.05) is 42.5 Å². The molecule has 2 heterocycles. The molecule has 3 nitrogen and oxygen atoms in total. The van der Waals surface area contributed by atoms with E-state index < -0.39 is 0 Å². The van der Waals surface area contributed by atoms with Crippen LogP contribution in [0.25, 0.3) is 16.7 Å². The molecule has 1 N–H and O–H groups in total. The molecule has 27 heavy (non-hydrogen) atoms. The van der Waals surface area contributed by atoms with E-state index in [1.165, 1.54) is 12.1 Å². The van der Waals surface area contributed by atoms with Crippen LogP contribution in [0.2, 0.25) is 5.02 Å². The molecule has 0 bridgehead atoms. The number of rotatable bonds is 2. The Kier molecular flexibility index (Phi) is 3.73. The van der Waals surface area contributed by atoms with Crippen molar-refractivity contribution in [3.8, 4) is 0 Å². The molecule has 3 aromatic carbocycles. The highest BCUT2D eigenvalue weighted by atomic mass is 35.5. The number of hydrogen-bond acceptors (Lipinski definition) is 2. The SMILES string of the molecule is Fc1ccc(C2=C[C@@H](c3ccc(Cl)cc3)n3c(nc4ccccc43)N2)cc1. The number of hydrogen-bond donors (Lipinski definition) is 1. The average Bonchev–Trinajstić information content (AvgIpc) is 3.07. The minimum absolute atomic E-state index is 0.0500. The van der Waals surface area contributed by atoms with E-state index in [2.05, 4.69) is 22.0 Å². The molecular weight excluding hydrogens is 361 g/mol. The smallest absolute Gasteiger partial charge is 0.209 e. The number of nitrogens with zero attached hydrogens (tertiary/aromatic N) is 2. The van der Waals surface area contributed by atoms with Gasteiger partial charge in [-0.05, 0) is 65.7 Å². The molecule has 0 radical (unpaired) electrons. The maximum atomic E-state index is 13.3. The molecule has 0 spiro atoms. The number of aromatic nitrogens is 2. The van der Waals surface area contributed by atoms with Gasteiger partial charge >= 0.3 is 0 Å². The van der Waals surface area contributed by atoms with Crippen LogP contribution in [0.15, 0.2) is 78.9 Å². The molecule has 0 saturated carbocycles. The van der Waals surface area contributed by atoms with Crippen LogP contribution in [0.1, 0.15) is 17.2 Å². The van der Waals surface area contributed by atoms with Crippen LogP contribution in [-0.2, 0) is 0 Å². The molecule has 0 fully saturated rings. The molecule has 5 heteroatoms. The van der Waals surface area contributed by atoms with Crippen LogP contribution in [-0.4, -0.2) is 9.55 Å². The number of imidazole rings is 1. The lowest BCUT2D eigenvalue weighted by molar-refractivity contribution is 0.627. The van der Waals surface area contributed by atoms with E-state index in [0.29, 0.717) is 5.02 Å². The van der Waals surface area contributed by atoms with Crippen molar-refractivity contribution >= 4 is 34.3 Å². The molecule has 0 unspecified atom stereocenters. The quantitative estimate of drug-likeness (QED) is 0.473. The van der Waals surface area contributed by atoms with Crippen molar-refractivity contribution < 1.29 is 4.39 Å². The van der Waals surface area contributed by atoms with Gasteiger partial charge in [-0.2, -0.15) is 0 Å². The molecular formula is C22H15ClFN3. The van der Waals surface area contributed by atoms with Gasteiger partial charge in [-0.25, -0.2) is 9.37 Å². The van der Waals surface area contributed by atoms with Crippen LogP contribution in [0, 0.1) is 5.82 Å². The van der Waals surface area contributed by atoms with Crippen molar-refractivity contribution in [2.75, 3.05) is 5.32 Å². The Balaban J connectivity index is 1.71. The molecule has 132 valence electrons. The number of nitrogens with one attached hydrogen (secondary N) is 1. The van der Waals surface area contributed by atoms with Gasteiger partial charge in [0.15, 0.2) is 0 Å². The fraction of sp³-hybridized carbons (Fsp3) is 0.0455. The first-order valence-electron chi connectivity index (χ1n) is 8.66. The summed E-state index contributed by atoms with van der Waals surface area (Å²) in [6.45, 7) is 0. The Morgan fingerprint density at radius 1 is 0.926 bits per heavy atom. The van der Waals surface area contributed by atoms with Crippen LogP contribution in [0.5, 0.6) is 0 Å². The molecule has 4 aromatic rings. The average molecular weight is 376 g/mol. The molecule has 0 aliphatic carbocycles. The molecule has 1 aromatic heterocycles. The second-order valence-electron chi connectivity index (χ2n) is 6.50. The minimum Gasteiger partial charge on any atom is -0.325 e. The van der Waals surface area contributed by atoms with E-state index in [0.717, 1.165) is 33.8 Å². The lowest BCUT2D eigenvalue weighted by Crippen LogP contribution is -2.19. The van der Waals surface area contributed by atoms with Crippen LogP contribution < -0.4 is 5.32 Å². The summed E-state index contributed by atoms with van der Waals surface area (Å²) in [5, 5.41) is 4.10. The first-order chi connectivity index (χ1) is 13.2. The normalized spacial score (nSPS) is 15.9. The molecule has 1 aliphatic heterocycles. The van der Waals surface area contributed by atoms with E-state index >= 15 is 0 Å². The first kappa shape index (κ1) is 16.1. The van der Waals surface area contributed by atoms with Crippen LogP contribution in [0.3, 0.4) is 0 Å². The Morgan fingerprint density at radius 2 is 1.67 bits per heavy atom. The molecule has 0 saturated heterocycles. The first-order valence-corrected chi connectivity index (χ1v) is 9.04. The number of benzene rings is 3. The summed E-state index contributed by atoms with van der Waals surface area (Å²) >= 11 is 6.08. The monoisotopic (exact) mass is 375 g/mol. The van der Waals surface area contributed by atoms with Gasteiger partial charge in [0.1, 0.15) is 5.82 Å². The summed E-state index contributed by atoms with van der Waals surface area (Å²) in [4.78, 5) is 4.75. The Bertz CT molecular complexity index is 1160. The summed E-state index contributed by atoms with van der Waals surface area (Å²) in [6.07, 6.45) is 2.14. The third-order valence-electron chi connectivity index (χ3n) is 4.81. The Labute approximate surface area is 160 Å². The number of halogens is 2. The summed E-state index contributed by atoms with van der Waals surface area (Å²) in [6, 6.07) is 22.3. The van der Waals surface area contributed by atoms with Crippen molar-refractivity contribution in [1.29, 1.82) is 0 Å². The van der Waals surface area contributed by atoms with Crippen molar-refractivity contribution in [2.24, 2.45) is 0 Å². The number of fused-ring (bicyclic) bond motifs is 3. The van der Waals surface area contributed by atoms with Gasteiger partial charge in [0, 0.05) is 10.7 Å². The lowest BCUT2D eigenvalue weighted by Gasteiger charge is -2.26. The van der Waals surface area contributed by atoms with E-state index in [-0.39, 0.29) is 11.9 Å². The van der Waals surface area contributed by atoms with Gasteiger partial charge in [0.05, 0.1) is 17.1 Å². The zero-order chi connectivity index (χ0) is 18.4. The molecule has 1 atom stereocenters. The number of allylic oxidation sites excluding steroid dienone is 1. The summed E-state index contributed by atoms with van der Waals surface area (Å²) < 4.78 is 15.5. The number of para-hydroxylation sites is 2. The maximum absolute atomic E-state index is 13.3. The zero-order valence-corrected chi connectivity index (χ0v) is 15.0. The Hall–Kier alpha value is -3.11. The highest BCUT2D eigenvalue weighted by Gasteiger charge is 2.25. The fourth-order valence-electron chi connectivity index (χ4n) is 3.51. The second kappa shape index (κ2) is 6.25. The molecule has 0 amide bonds. The Morgan fingerprint density at radius 3 is 2.44 bits per heavy atom. The third-order valence-corrected chi connectivity index (χ3v) is 5.06. The predicted molar refractivity (Wildman–Crippen MR) is 107 cm³/mol. The van der Waals surface area contributed by atoms with Crippen LogP contribution >= 0.6 is 11.6 Å². The minimum atomic E-state index is -0.253. The molecule has 5 rings (SSSR count). The topological polar surface area (TPSA) is 29.9 Å². The van der Waals surface area contributed by atoms with Gasteiger partial charge < -0.3 is 5.32 Å². The zero-order valence-electron chi connectivity index (χ0n) is 14.2. The van der Waals surface area contributed by atoms with Crippen molar-refractivity contribution in [3.63, 3.8) is 0 Å². The van der Waals surface area contributed by atoms with Gasteiger partial charge in [-0.1, -0.05) is 35.9 Å². The summed E-state index contributed by atoms with van der Waals surface area (Å²) in [5.41, 5.74) is 4.89. The van der Waals surface area contributed by atoms with Crippen molar-refractivity contribution in [2.45, 2.75) is 6.04 Å². The van der Waals surface area contributed by atoms with Crippen molar-refractivity contribution in [3.05, 3.63) is 101 Å². The molecule has 1 aliphatic rings. The van der Waals surface area contributed by atoms with E-state index in [4.69, 9.17) is 16.6 Å². The lowest BCUT2D eigenvalue weighted by atomic mass is 10.0. The number of anilines is 1. The predicted octanol–water partition coefficient (Wildman–Crippen LogP) is 5.88. The van der Waals surface area contributed by atoms with E-state index in [9.17, 15) is 4.39 Å². The van der Waals surface area contributed by atoms with Crippen LogP contribution in [0.4, 0.5) is 10.3 Å². The van der Waals surface area contributed by atoms with Gasteiger partial charge in [0.25, 0.3) is 0 Å². The van der Waals surface area contributed by atoms with Gasteiger partial charge in [0.2, 0.25) is 5.95 Å². The van der Waals surface area contributed by atoms with Gasteiger partial charge in [-0.15, -0.1) is 0 Å². The van der Waals surface area contributed by atoms with Gasteiger partial charge in [-0.3, -0.25) is 4.57 Å². The fourth-order valence-corrected chi connectivity index (χ4v) is 3.64. The standard InChI is InChI=1S/C22H15ClFN3/c23-16-9-5-15(6-10-16)21-13-19(14-7-11-17(24)12-8-14)26-22-25-18-3-1-2-4-20(18)27(21)22/h1-13,21H,(H,25,26)/t21-/m0/s1. The largest absolute Gasteiger partial charge is 0.325 e.